The Morgan fingerprint density at radius 3 is 2.58 bits per heavy atom. The lowest BCUT2D eigenvalue weighted by atomic mass is 9.97. The van der Waals surface area contributed by atoms with Gasteiger partial charge < -0.3 is 9.84 Å². The number of benzene rings is 1. The lowest BCUT2D eigenvalue weighted by Gasteiger charge is -2.18. The summed E-state index contributed by atoms with van der Waals surface area (Å²) in [5, 5.41) is 10.4. The minimum atomic E-state index is -0.934. The van der Waals surface area contributed by atoms with Crippen LogP contribution in [0.4, 0.5) is 4.39 Å². The summed E-state index contributed by atoms with van der Waals surface area (Å²) in [6.07, 6.45) is 0.158. The fraction of sp³-hybridized carbons (Fsp3) is 0.267. The topological polar surface area (TPSA) is 42.4 Å². The SMILES string of the molecule is COc1cc(C)cc(C)c1C(O)c1ccc(F)cn1. The first-order valence-corrected chi connectivity index (χ1v) is 5.97. The van der Waals surface area contributed by atoms with Gasteiger partial charge in [-0.25, -0.2) is 4.39 Å². The summed E-state index contributed by atoms with van der Waals surface area (Å²) in [6, 6.07) is 6.57. The van der Waals surface area contributed by atoms with Crippen LogP contribution in [0.3, 0.4) is 0 Å². The molecular weight excluding hydrogens is 245 g/mol. The molecule has 0 spiro atoms. The van der Waals surface area contributed by atoms with Crippen molar-refractivity contribution in [2.24, 2.45) is 0 Å². The van der Waals surface area contributed by atoms with E-state index >= 15 is 0 Å². The zero-order valence-corrected chi connectivity index (χ0v) is 11.1. The highest BCUT2D eigenvalue weighted by Crippen LogP contribution is 2.33. The second kappa shape index (κ2) is 5.36. The van der Waals surface area contributed by atoms with Gasteiger partial charge in [0.15, 0.2) is 0 Å². The highest BCUT2D eigenvalue weighted by molar-refractivity contribution is 5.46. The van der Waals surface area contributed by atoms with E-state index in [9.17, 15) is 9.50 Å². The average molecular weight is 261 g/mol. The monoisotopic (exact) mass is 261 g/mol. The predicted octanol–water partition coefficient (Wildman–Crippen LogP) is 2.93. The molecule has 0 aliphatic rings. The summed E-state index contributed by atoms with van der Waals surface area (Å²) in [6.45, 7) is 3.86. The van der Waals surface area contributed by atoms with Gasteiger partial charge >= 0.3 is 0 Å². The van der Waals surface area contributed by atoms with Gasteiger partial charge in [-0.2, -0.15) is 0 Å². The lowest BCUT2D eigenvalue weighted by Crippen LogP contribution is -2.07. The van der Waals surface area contributed by atoms with Gasteiger partial charge in [0, 0.05) is 5.56 Å². The number of pyridine rings is 1. The first-order valence-electron chi connectivity index (χ1n) is 5.97. The molecule has 1 atom stereocenters. The summed E-state index contributed by atoms with van der Waals surface area (Å²) in [5.74, 6) is 0.180. The molecule has 1 heterocycles. The molecule has 1 N–H and O–H groups in total. The molecule has 4 heteroatoms. The third-order valence-corrected chi connectivity index (χ3v) is 3.02. The number of rotatable bonds is 3. The Morgan fingerprint density at radius 1 is 1.26 bits per heavy atom. The van der Waals surface area contributed by atoms with Crippen LogP contribution >= 0.6 is 0 Å². The van der Waals surface area contributed by atoms with Gasteiger partial charge in [-0.05, 0) is 43.2 Å². The van der Waals surface area contributed by atoms with E-state index in [1.54, 1.807) is 7.11 Å². The van der Waals surface area contributed by atoms with Crippen LogP contribution in [0.25, 0.3) is 0 Å². The molecule has 2 rings (SSSR count). The van der Waals surface area contributed by atoms with Gasteiger partial charge in [0.1, 0.15) is 17.7 Å². The number of aliphatic hydroxyl groups excluding tert-OH is 1. The number of halogens is 1. The summed E-state index contributed by atoms with van der Waals surface area (Å²) < 4.78 is 18.2. The average Bonchev–Trinajstić information content (AvgIpc) is 2.38. The quantitative estimate of drug-likeness (QED) is 0.923. The maximum atomic E-state index is 12.9. The Hall–Kier alpha value is -1.94. The Bertz CT molecular complexity index is 581. The van der Waals surface area contributed by atoms with Gasteiger partial charge in [0.05, 0.1) is 19.0 Å². The predicted molar refractivity (Wildman–Crippen MR) is 70.7 cm³/mol. The number of hydrogen-bond acceptors (Lipinski definition) is 3. The molecule has 1 aromatic heterocycles. The Morgan fingerprint density at radius 2 is 2.00 bits per heavy atom. The molecule has 0 bridgehead atoms. The number of hydrogen-bond donors (Lipinski definition) is 1. The van der Waals surface area contributed by atoms with E-state index < -0.39 is 11.9 Å². The molecule has 2 aromatic rings. The van der Waals surface area contributed by atoms with Crippen LogP contribution in [0.2, 0.25) is 0 Å². The Balaban J connectivity index is 2.49. The Kier molecular flexibility index (Phi) is 3.81. The normalized spacial score (nSPS) is 12.3. The van der Waals surface area contributed by atoms with Gasteiger partial charge in [-0.3, -0.25) is 4.98 Å². The van der Waals surface area contributed by atoms with E-state index in [4.69, 9.17) is 4.74 Å². The van der Waals surface area contributed by atoms with Crippen molar-refractivity contribution in [2.75, 3.05) is 7.11 Å². The number of aryl methyl sites for hydroxylation is 2. The first kappa shape index (κ1) is 13.5. The van der Waals surface area contributed by atoms with Crippen LogP contribution in [-0.4, -0.2) is 17.2 Å². The third kappa shape index (κ3) is 2.74. The molecule has 0 amide bonds. The van der Waals surface area contributed by atoms with Crippen LogP contribution in [0.5, 0.6) is 5.75 Å². The smallest absolute Gasteiger partial charge is 0.141 e. The van der Waals surface area contributed by atoms with Crippen molar-refractivity contribution in [3.8, 4) is 5.75 Å². The number of ether oxygens (including phenoxy) is 1. The molecule has 1 unspecified atom stereocenters. The summed E-state index contributed by atoms with van der Waals surface area (Å²) in [4.78, 5) is 3.91. The zero-order valence-electron chi connectivity index (χ0n) is 11.1. The van der Waals surface area contributed by atoms with E-state index in [-0.39, 0.29) is 0 Å². The third-order valence-electron chi connectivity index (χ3n) is 3.02. The number of nitrogens with zero attached hydrogens (tertiary/aromatic N) is 1. The molecule has 3 nitrogen and oxygen atoms in total. The molecule has 19 heavy (non-hydrogen) atoms. The van der Waals surface area contributed by atoms with Crippen molar-refractivity contribution in [3.63, 3.8) is 0 Å². The summed E-state index contributed by atoms with van der Waals surface area (Å²) in [5.41, 5.74) is 3.02. The van der Waals surface area contributed by atoms with Crippen molar-refractivity contribution < 1.29 is 14.2 Å². The van der Waals surface area contributed by atoms with Crippen LogP contribution < -0.4 is 4.74 Å². The van der Waals surface area contributed by atoms with Crippen molar-refractivity contribution in [1.82, 2.24) is 4.98 Å². The number of methoxy groups -OCH3 is 1. The van der Waals surface area contributed by atoms with Crippen LogP contribution in [0.1, 0.15) is 28.5 Å². The van der Waals surface area contributed by atoms with Gasteiger partial charge in [-0.1, -0.05) is 6.07 Å². The molecular formula is C15H16FNO2. The van der Waals surface area contributed by atoms with Crippen LogP contribution in [0, 0.1) is 19.7 Å². The molecule has 100 valence electrons. The molecule has 0 radical (unpaired) electrons. The molecule has 0 saturated heterocycles. The Labute approximate surface area is 111 Å². The van der Waals surface area contributed by atoms with Crippen molar-refractivity contribution in [2.45, 2.75) is 20.0 Å². The van der Waals surface area contributed by atoms with E-state index in [1.165, 1.54) is 12.1 Å². The van der Waals surface area contributed by atoms with E-state index in [0.717, 1.165) is 17.3 Å². The minimum Gasteiger partial charge on any atom is -0.496 e. The second-order valence-electron chi connectivity index (χ2n) is 4.50. The highest BCUT2D eigenvalue weighted by atomic mass is 19.1. The van der Waals surface area contributed by atoms with Crippen LogP contribution in [0.15, 0.2) is 30.5 Å². The fourth-order valence-electron chi connectivity index (χ4n) is 2.16. The van der Waals surface area contributed by atoms with Crippen LogP contribution in [-0.2, 0) is 0 Å². The molecule has 1 aromatic carbocycles. The largest absolute Gasteiger partial charge is 0.496 e. The number of aliphatic hydroxyl groups is 1. The van der Waals surface area contributed by atoms with Gasteiger partial charge in [0.2, 0.25) is 0 Å². The lowest BCUT2D eigenvalue weighted by molar-refractivity contribution is 0.209. The van der Waals surface area contributed by atoms with Crippen molar-refractivity contribution in [1.29, 1.82) is 0 Å². The maximum absolute atomic E-state index is 12.9. The molecule has 0 fully saturated rings. The maximum Gasteiger partial charge on any atom is 0.141 e. The molecule has 0 saturated carbocycles. The van der Waals surface area contributed by atoms with E-state index in [1.807, 2.05) is 26.0 Å². The van der Waals surface area contributed by atoms with E-state index in [2.05, 4.69) is 4.98 Å². The van der Waals surface area contributed by atoms with Gasteiger partial charge in [0.25, 0.3) is 0 Å². The first-order chi connectivity index (χ1) is 9.02. The fourth-order valence-corrected chi connectivity index (χ4v) is 2.16. The van der Waals surface area contributed by atoms with Gasteiger partial charge in [-0.15, -0.1) is 0 Å². The second-order valence-corrected chi connectivity index (χ2v) is 4.50. The molecule has 0 aliphatic carbocycles. The standard InChI is InChI=1S/C15H16FNO2/c1-9-6-10(2)14(13(7-9)19-3)15(18)12-5-4-11(16)8-17-12/h4-8,15,18H,1-3H3. The van der Waals surface area contributed by atoms with E-state index in [0.29, 0.717) is 17.0 Å². The highest BCUT2D eigenvalue weighted by Gasteiger charge is 2.19. The molecule has 0 aliphatic heterocycles. The van der Waals surface area contributed by atoms with Crippen molar-refractivity contribution >= 4 is 0 Å². The summed E-state index contributed by atoms with van der Waals surface area (Å²) >= 11 is 0. The minimum absolute atomic E-state index is 0.395. The number of aromatic nitrogens is 1. The zero-order chi connectivity index (χ0) is 14.0. The summed E-state index contributed by atoms with van der Waals surface area (Å²) in [7, 11) is 1.56. The van der Waals surface area contributed by atoms with Crippen molar-refractivity contribution in [3.05, 3.63) is 58.7 Å².